The van der Waals surface area contributed by atoms with Crippen LogP contribution in [-0.4, -0.2) is 36.6 Å². The fraction of sp³-hybridized carbons (Fsp3) is 1.00. The SMILES string of the molecule is CC(C)(C)CS(=O)(=O)C1CCC(B(O)O)CC1. The van der Waals surface area contributed by atoms with Crippen LogP contribution in [-0.2, 0) is 9.84 Å². The molecule has 0 aliphatic heterocycles. The Morgan fingerprint density at radius 1 is 1.12 bits per heavy atom. The fourth-order valence-electron chi connectivity index (χ4n) is 2.47. The van der Waals surface area contributed by atoms with Crippen LogP contribution in [0.25, 0.3) is 0 Å². The molecule has 0 aromatic carbocycles. The average Bonchev–Trinajstić information content (AvgIpc) is 2.14. The van der Waals surface area contributed by atoms with Gasteiger partial charge in [-0.05, 0) is 24.1 Å². The van der Waals surface area contributed by atoms with Crippen LogP contribution in [0.4, 0.5) is 0 Å². The molecule has 0 heterocycles. The normalized spacial score (nSPS) is 26.9. The summed E-state index contributed by atoms with van der Waals surface area (Å²) in [4.78, 5) is 0. The molecule has 0 spiro atoms. The molecule has 100 valence electrons. The zero-order valence-electron chi connectivity index (χ0n) is 10.9. The quantitative estimate of drug-likeness (QED) is 0.750. The summed E-state index contributed by atoms with van der Waals surface area (Å²) in [5.74, 6) is 0.0490. The Hall–Kier alpha value is -0.0651. The van der Waals surface area contributed by atoms with Crippen molar-refractivity contribution in [3.05, 3.63) is 0 Å². The highest BCUT2D eigenvalue weighted by Crippen LogP contribution is 2.34. The summed E-state index contributed by atoms with van der Waals surface area (Å²) in [6.45, 7) is 5.77. The van der Waals surface area contributed by atoms with Gasteiger partial charge in [0.2, 0.25) is 0 Å². The number of sulfone groups is 1. The minimum Gasteiger partial charge on any atom is -0.427 e. The molecular weight excluding hydrogens is 239 g/mol. The molecule has 1 aliphatic rings. The summed E-state index contributed by atoms with van der Waals surface area (Å²) < 4.78 is 24.3. The van der Waals surface area contributed by atoms with E-state index >= 15 is 0 Å². The molecular formula is C11H23BO4S. The van der Waals surface area contributed by atoms with Gasteiger partial charge >= 0.3 is 7.12 Å². The number of rotatable bonds is 3. The molecule has 0 aromatic heterocycles. The summed E-state index contributed by atoms with van der Waals surface area (Å²) in [6.07, 6.45) is 2.29. The third-order valence-corrected chi connectivity index (χ3v) is 6.04. The van der Waals surface area contributed by atoms with Gasteiger partial charge in [-0.1, -0.05) is 33.6 Å². The summed E-state index contributed by atoms with van der Waals surface area (Å²) in [5, 5.41) is 17.8. The third kappa shape index (κ3) is 4.60. The summed E-state index contributed by atoms with van der Waals surface area (Å²) in [6, 6.07) is 0. The van der Waals surface area contributed by atoms with Gasteiger partial charge in [-0.3, -0.25) is 0 Å². The molecule has 1 aliphatic carbocycles. The van der Waals surface area contributed by atoms with E-state index in [0.29, 0.717) is 25.7 Å². The maximum absolute atomic E-state index is 12.2. The molecule has 4 nitrogen and oxygen atoms in total. The van der Waals surface area contributed by atoms with E-state index in [0.717, 1.165) is 0 Å². The van der Waals surface area contributed by atoms with Crippen molar-refractivity contribution in [1.82, 2.24) is 0 Å². The molecule has 1 saturated carbocycles. The molecule has 2 N–H and O–H groups in total. The van der Waals surface area contributed by atoms with E-state index in [1.165, 1.54) is 0 Å². The Bertz CT molecular complexity index is 337. The van der Waals surface area contributed by atoms with Gasteiger partial charge in [0.05, 0.1) is 11.0 Å². The van der Waals surface area contributed by atoms with Gasteiger partial charge in [-0.2, -0.15) is 0 Å². The second-order valence-corrected chi connectivity index (χ2v) is 8.60. The van der Waals surface area contributed by atoms with Gasteiger partial charge in [0.15, 0.2) is 9.84 Å². The molecule has 0 bridgehead atoms. The lowest BCUT2D eigenvalue weighted by molar-refractivity contribution is 0.349. The average molecular weight is 262 g/mol. The Balaban J connectivity index is 2.59. The van der Waals surface area contributed by atoms with Crippen molar-refractivity contribution in [3.8, 4) is 0 Å². The molecule has 0 saturated heterocycles. The van der Waals surface area contributed by atoms with Crippen molar-refractivity contribution in [1.29, 1.82) is 0 Å². The van der Waals surface area contributed by atoms with Crippen molar-refractivity contribution >= 4 is 17.0 Å². The number of hydrogen-bond acceptors (Lipinski definition) is 4. The molecule has 1 fully saturated rings. The fourth-order valence-corrected chi connectivity index (χ4v) is 4.90. The maximum Gasteiger partial charge on any atom is 0.454 e. The minimum absolute atomic E-state index is 0.156. The molecule has 0 atom stereocenters. The first-order valence-corrected chi connectivity index (χ1v) is 7.91. The molecule has 0 unspecified atom stereocenters. The van der Waals surface area contributed by atoms with Crippen LogP contribution in [0.1, 0.15) is 46.5 Å². The van der Waals surface area contributed by atoms with Gasteiger partial charge in [0.25, 0.3) is 0 Å². The standard InChI is InChI=1S/C11H23BO4S/c1-11(2,3)8-17(15,16)10-6-4-9(5-7-10)12(13)14/h9-10,13-14H,4-8H2,1-3H3. The highest BCUT2D eigenvalue weighted by Gasteiger charge is 2.36. The van der Waals surface area contributed by atoms with E-state index in [-0.39, 0.29) is 22.2 Å². The smallest absolute Gasteiger partial charge is 0.427 e. The monoisotopic (exact) mass is 262 g/mol. The van der Waals surface area contributed by atoms with Gasteiger partial charge in [-0.15, -0.1) is 0 Å². The Kier molecular flexibility index (Phi) is 4.66. The lowest BCUT2D eigenvalue weighted by Gasteiger charge is -2.30. The summed E-state index contributed by atoms with van der Waals surface area (Å²) in [5.41, 5.74) is -0.216. The predicted molar refractivity (Wildman–Crippen MR) is 69.4 cm³/mol. The van der Waals surface area contributed by atoms with Crippen molar-refractivity contribution in [2.75, 3.05) is 5.75 Å². The minimum atomic E-state index is -3.05. The Morgan fingerprint density at radius 3 is 1.94 bits per heavy atom. The molecule has 0 radical (unpaired) electrons. The second-order valence-electron chi connectivity index (χ2n) is 6.32. The van der Waals surface area contributed by atoms with Crippen molar-refractivity contribution in [3.63, 3.8) is 0 Å². The first-order valence-electron chi connectivity index (χ1n) is 6.19. The predicted octanol–water partition coefficient (Wildman–Crippen LogP) is 1.23. The van der Waals surface area contributed by atoms with Crippen LogP contribution in [0.5, 0.6) is 0 Å². The molecule has 1 rings (SSSR count). The van der Waals surface area contributed by atoms with Crippen LogP contribution in [0.15, 0.2) is 0 Å². The molecule has 17 heavy (non-hydrogen) atoms. The van der Waals surface area contributed by atoms with E-state index < -0.39 is 17.0 Å². The zero-order chi connectivity index (χ0) is 13.3. The van der Waals surface area contributed by atoms with Crippen molar-refractivity contribution in [2.24, 2.45) is 5.41 Å². The lowest BCUT2D eigenvalue weighted by atomic mass is 9.65. The van der Waals surface area contributed by atoms with Crippen LogP contribution in [0.3, 0.4) is 0 Å². The molecule has 0 amide bonds. The lowest BCUT2D eigenvalue weighted by Crippen LogP contribution is -2.35. The van der Waals surface area contributed by atoms with Gasteiger partial charge < -0.3 is 10.0 Å². The van der Waals surface area contributed by atoms with E-state index in [1.54, 1.807) is 0 Å². The van der Waals surface area contributed by atoms with E-state index in [9.17, 15) is 8.42 Å². The van der Waals surface area contributed by atoms with E-state index in [1.807, 2.05) is 20.8 Å². The van der Waals surface area contributed by atoms with Gasteiger partial charge in [0.1, 0.15) is 0 Å². The van der Waals surface area contributed by atoms with E-state index in [4.69, 9.17) is 10.0 Å². The van der Waals surface area contributed by atoms with Gasteiger partial charge in [-0.25, -0.2) is 8.42 Å². The molecule has 6 heteroatoms. The van der Waals surface area contributed by atoms with Crippen molar-refractivity contribution in [2.45, 2.75) is 57.5 Å². The third-order valence-electron chi connectivity index (χ3n) is 3.28. The highest BCUT2D eigenvalue weighted by atomic mass is 32.2. The van der Waals surface area contributed by atoms with Crippen LogP contribution >= 0.6 is 0 Å². The first-order chi connectivity index (χ1) is 7.62. The van der Waals surface area contributed by atoms with Gasteiger partial charge in [0, 0.05) is 0 Å². The summed E-state index contributed by atoms with van der Waals surface area (Å²) in [7, 11) is -4.36. The maximum atomic E-state index is 12.2. The van der Waals surface area contributed by atoms with Crippen LogP contribution < -0.4 is 0 Å². The van der Waals surface area contributed by atoms with E-state index in [2.05, 4.69) is 0 Å². The molecule has 0 aromatic rings. The van der Waals surface area contributed by atoms with Crippen molar-refractivity contribution < 1.29 is 18.5 Å². The largest absolute Gasteiger partial charge is 0.454 e. The number of hydrogen-bond donors (Lipinski definition) is 2. The first kappa shape index (κ1) is 15.0. The zero-order valence-corrected chi connectivity index (χ0v) is 11.7. The topological polar surface area (TPSA) is 74.6 Å². The highest BCUT2D eigenvalue weighted by molar-refractivity contribution is 7.92. The Labute approximate surface area is 104 Å². The second kappa shape index (κ2) is 5.28. The summed E-state index contributed by atoms with van der Waals surface area (Å²) >= 11 is 0. The van der Waals surface area contributed by atoms with Crippen LogP contribution in [0.2, 0.25) is 5.82 Å². The van der Waals surface area contributed by atoms with Crippen LogP contribution in [0, 0.1) is 5.41 Å². The Morgan fingerprint density at radius 2 is 1.59 bits per heavy atom.